The van der Waals surface area contributed by atoms with Gasteiger partial charge >= 0.3 is 5.97 Å². The summed E-state index contributed by atoms with van der Waals surface area (Å²) in [5.41, 5.74) is -0.917. The summed E-state index contributed by atoms with van der Waals surface area (Å²) in [6, 6.07) is 0. The molecule has 11 heavy (non-hydrogen) atoms. The molecule has 1 rings (SSSR count). The molecule has 0 aromatic carbocycles. The van der Waals surface area contributed by atoms with Gasteiger partial charge in [0.15, 0.2) is 0 Å². The summed E-state index contributed by atoms with van der Waals surface area (Å²) in [6.45, 7) is 1.95. The number of nitrogens with one attached hydrogen (secondary N) is 1. The van der Waals surface area contributed by atoms with Gasteiger partial charge < -0.3 is 10.2 Å². The van der Waals surface area contributed by atoms with Crippen LogP contribution in [0.25, 0.3) is 0 Å². The number of carboxylic acid groups (broad SMARTS) is 1. The van der Waals surface area contributed by atoms with Gasteiger partial charge in [-0.3, -0.25) is 10.1 Å². The Morgan fingerprint density at radius 3 is 2.45 bits per heavy atom. The van der Waals surface area contributed by atoms with Crippen LogP contribution in [0.3, 0.4) is 0 Å². The van der Waals surface area contributed by atoms with Gasteiger partial charge in [0.25, 0.3) is 0 Å². The second-order valence-corrected chi connectivity index (χ2v) is 2.88. The molecule has 66 valence electrons. The zero-order chi connectivity index (χ0) is 7.78. The van der Waals surface area contributed by atoms with Gasteiger partial charge in [0.05, 0.1) is 6.10 Å². The van der Waals surface area contributed by atoms with Gasteiger partial charge in [0.2, 0.25) is 0 Å². The van der Waals surface area contributed by atoms with Crippen LogP contribution < -0.4 is 5.32 Å². The quantitative estimate of drug-likeness (QED) is 0.515. The van der Waals surface area contributed by atoms with Crippen molar-refractivity contribution in [1.29, 1.82) is 0 Å². The molecule has 0 amide bonds. The Balaban J connectivity index is 0.000001000. The number of rotatable bonds is 1. The molecule has 1 saturated heterocycles. The number of aliphatic hydroxyl groups excluding tert-OH is 1. The van der Waals surface area contributed by atoms with Crippen LogP contribution in [-0.2, 0) is 4.79 Å². The van der Waals surface area contributed by atoms with Crippen molar-refractivity contribution in [2.45, 2.75) is 25.0 Å². The smallest absolute Gasteiger partial charge is 0.323 e. The van der Waals surface area contributed by atoms with Crippen molar-refractivity contribution in [1.82, 2.24) is 5.32 Å². The SMILES string of the molecule is C[C@]1(C(=O)O)C[C@@H](O)CN1.Cl. The van der Waals surface area contributed by atoms with Crippen molar-refractivity contribution in [2.75, 3.05) is 6.54 Å². The zero-order valence-corrected chi connectivity index (χ0v) is 7.02. The van der Waals surface area contributed by atoms with Gasteiger partial charge in [-0.1, -0.05) is 0 Å². The fraction of sp³-hybridized carbons (Fsp3) is 0.833. The summed E-state index contributed by atoms with van der Waals surface area (Å²) in [5, 5.41) is 20.3. The normalized spacial score (nSPS) is 36.4. The Kier molecular flexibility index (Phi) is 3.29. The molecular formula is C6H12ClNO3. The van der Waals surface area contributed by atoms with E-state index in [2.05, 4.69) is 5.32 Å². The van der Waals surface area contributed by atoms with E-state index in [0.29, 0.717) is 13.0 Å². The standard InChI is InChI=1S/C6H11NO3.ClH/c1-6(5(9)10)2-4(8)3-7-6;/h4,7-8H,2-3H2,1H3,(H,9,10);1H/t4-,6-;/m1./s1. The van der Waals surface area contributed by atoms with E-state index in [1.165, 1.54) is 0 Å². The van der Waals surface area contributed by atoms with Crippen LogP contribution in [0.2, 0.25) is 0 Å². The molecule has 1 aliphatic heterocycles. The van der Waals surface area contributed by atoms with Crippen molar-refractivity contribution < 1.29 is 15.0 Å². The van der Waals surface area contributed by atoms with E-state index in [1.54, 1.807) is 6.92 Å². The molecule has 0 saturated carbocycles. The molecule has 0 unspecified atom stereocenters. The monoisotopic (exact) mass is 181 g/mol. The van der Waals surface area contributed by atoms with E-state index >= 15 is 0 Å². The first-order chi connectivity index (χ1) is 4.54. The van der Waals surface area contributed by atoms with Crippen LogP contribution in [0, 0.1) is 0 Å². The number of carbonyl (C=O) groups is 1. The first-order valence-corrected chi connectivity index (χ1v) is 3.21. The number of halogens is 1. The molecule has 0 aromatic heterocycles. The molecule has 0 spiro atoms. The fourth-order valence-corrected chi connectivity index (χ4v) is 1.12. The van der Waals surface area contributed by atoms with E-state index < -0.39 is 17.6 Å². The van der Waals surface area contributed by atoms with Crippen molar-refractivity contribution in [3.63, 3.8) is 0 Å². The minimum absolute atomic E-state index is 0. The number of β-amino-alcohol motifs (C(OH)–C–C–N with tert-alkyl or cyclic N) is 1. The number of carboxylic acids is 1. The minimum Gasteiger partial charge on any atom is -0.480 e. The molecular weight excluding hydrogens is 170 g/mol. The van der Waals surface area contributed by atoms with Crippen molar-refractivity contribution >= 4 is 18.4 Å². The van der Waals surface area contributed by atoms with Crippen LogP contribution in [-0.4, -0.2) is 34.4 Å². The van der Waals surface area contributed by atoms with Gasteiger partial charge in [-0.25, -0.2) is 0 Å². The Morgan fingerprint density at radius 2 is 2.27 bits per heavy atom. The topological polar surface area (TPSA) is 69.6 Å². The third kappa shape index (κ3) is 2.05. The van der Waals surface area contributed by atoms with Gasteiger partial charge in [0, 0.05) is 13.0 Å². The van der Waals surface area contributed by atoms with Crippen molar-refractivity contribution in [2.24, 2.45) is 0 Å². The third-order valence-corrected chi connectivity index (χ3v) is 1.84. The average molecular weight is 182 g/mol. The van der Waals surface area contributed by atoms with Crippen LogP contribution in [0.15, 0.2) is 0 Å². The lowest BCUT2D eigenvalue weighted by molar-refractivity contribution is -0.143. The Morgan fingerprint density at radius 1 is 1.73 bits per heavy atom. The van der Waals surface area contributed by atoms with Gasteiger partial charge in [-0.05, 0) is 6.92 Å². The lowest BCUT2D eigenvalue weighted by atomic mass is 10.0. The highest BCUT2D eigenvalue weighted by molar-refractivity contribution is 5.85. The molecule has 0 radical (unpaired) electrons. The third-order valence-electron chi connectivity index (χ3n) is 1.84. The van der Waals surface area contributed by atoms with Gasteiger partial charge in [-0.15, -0.1) is 12.4 Å². The zero-order valence-electron chi connectivity index (χ0n) is 6.20. The first-order valence-electron chi connectivity index (χ1n) is 3.21. The number of aliphatic hydroxyl groups is 1. The van der Waals surface area contributed by atoms with Crippen LogP contribution in [0.5, 0.6) is 0 Å². The maximum absolute atomic E-state index is 10.5. The molecule has 0 aromatic rings. The lowest BCUT2D eigenvalue weighted by Gasteiger charge is -2.16. The predicted molar refractivity (Wildman–Crippen MR) is 41.9 cm³/mol. The molecule has 0 bridgehead atoms. The number of hydrogen-bond donors (Lipinski definition) is 3. The second kappa shape index (κ2) is 3.38. The molecule has 3 N–H and O–H groups in total. The van der Waals surface area contributed by atoms with Crippen molar-refractivity contribution in [3.8, 4) is 0 Å². The van der Waals surface area contributed by atoms with Gasteiger partial charge in [0.1, 0.15) is 5.54 Å². The molecule has 1 fully saturated rings. The highest BCUT2D eigenvalue weighted by Crippen LogP contribution is 2.18. The summed E-state index contributed by atoms with van der Waals surface area (Å²) < 4.78 is 0. The summed E-state index contributed by atoms with van der Waals surface area (Å²) in [5.74, 6) is -0.899. The molecule has 4 nitrogen and oxygen atoms in total. The molecule has 1 aliphatic rings. The average Bonchev–Trinajstić information content (AvgIpc) is 2.13. The maximum atomic E-state index is 10.5. The largest absolute Gasteiger partial charge is 0.480 e. The summed E-state index contributed by atoms with van der Waals surface area (Å²) in [7, 11) is 0. The van der Waals surface area contributed by atoms with Crippen LogP contribution in [0.1, 0.15) is 13.3 Å². The Labute approximate surface area is 71.0 Å². The van der Waals surface area contributed by atoms with E-state index in [4.69, 9.17) is 10.2 Å². The lowest BCUT2D eigenvalue weighted by Crippen LogP contribution is -2.44. The van der Waals surface area contributed by atoms with E-state index in [1.807, 2.05) is 0 Å². The molecule has 2 atom stereocenters. The summed E-state index contributed by atoms with van der Waals surface area (Å²) >= 11 is 0. The van der Waals surface area contributed by atoms with E-state index in [0.717, 1.165) is 0 Å². The van der Waals surface area contributed by atoms with E-state index in [9.17, 15) is 4.79 Å². The minimum atomic E-state index is -0.917. The Hall–Kier alpha value is -0.320. The maximum Gasteiger partial charge on any atom is 0.323 e. The fourth-order valence-electron chi connectivity index (χ4n) is 1.12. The number of hydrogen-bond acceptors (Lipinski definition) is 3. The van der Waals surface area contributed by atoms with Crippen LogP contribution in [0.4, 0.5) is 0 Å². The number of aliphatic carboxylic acids is 1. The molecule has 5 heteroatoms. The predicted octanol–water partition coefficient (Wildman–Crippen LogP) is -0.394. The summed E-state index contributed by atoms with van der Waals surface area (Å²) in [4.78, 5) is 10.5. The summed E-state index contributed by atoms with van der Waals surface area (Å²) in [6.07, 6.45) is -0.219. The van der Waals surface area contributed by atoms with Crippen LogP contribution >= 0.6 is 12.4 Å². The molecule has 1 heterocycles. The van der Waals surface area contributed by atoms with E-state index in [-0.39, 0.29) is 12.4 Å². The van der Waals surface area contributed by atoms with Crippen molar-refractivity contribution in [3.05, 3.63) is 0 Å². The highest BCUT2D eigenvalue weighted by Gasteiger charge is 2.40. The molecule has 0 aliphatic carbocycles. The van der Waals surface area contributed by atoms with Gasteiger partial charge in [-0.2, -0.15) is 0 Å². The Bertz CT molecular complexity index is 164. The second-order valence-electron chi connectivity index (χ2n) is 2.88. The first kappa shape index (κ1) is 10.7. The highest BCUT2D eigenvalue weighted by atomic mass is 35.5.